The molecule has 0 atom stereocenters. The van der Waals surface area contributed by atoms with Gasteiger partial charge in [0, 0.05) is 30.1 Å². The summed E-state index contributed by atoms with van der Waals surface area (Å²) in [7, 11) is 0. The average Bonchev–Trinajstić information content (AvgIpc) is 3.04. The molecule has 1 aliphatic rings. The van der Waals surface area contributed by atoms with Crippen LogP contribution in [0.5, 0.6) is 0 Å². The van der Waals surface area contributed by atoms with Gasteiger partial charge in [-0.25, -0.2) is 8.78 Å². The smallest absolute Gasteiger partial charge is 0.251 e. The molecule has 1 amide bonds. The molecule has 0 aliphatic heterocycles. The summed E-state index contributed by atoms with van der Waals surface area (Å²) in [5.41, 5.74) is 1.35. The van der Waals surface area contributed by atoms with E-state index >= 15 is 0 Å². The largest absolute Gasteiger partial charge is 0.349 e. The van der Waals surface area contributed by atoms with Gasteiger partial charge in [0.2, 0.25) is 5.92 Å². The van der Waals surface area contributed by atoms with Crippen LogP contribution in [0.4, 0.5) is 8.78 Å². The maximum absolute atomic E-state index is 13.1. The van der Waals surface area contributed by atoms with Crippen LogP contribution in [-0.4, -0.2) is 32.6 Å². The number of carbonyl (C=O) groups is 1. The molecule has 1 heterocycles. The number of hydrogen-bond acceptors (Lipinski definition) is 3. The second-order valence-corrected chi connectivity index (χ2v) is 5.52. The molecule has 0 spiro atoms. The summed E-state index contributed by atoms with van der Waals surface area (Å²) in [6, 6.07) is 6.79. The molecule has 2 aromatic rings. The number of hydrogen-bond donors (Lipinski definition) is 1. The normalized spacial score (nSPS) is 18.1. The maximum Gasteiger partial charge on any atom is 0.251 e. The molecular weight excluding hydrogens is 290 g/mol. The molecule has 1 aliphatic carbocycles. The highest BCUT2D eigenvalue weighted by Crippen LogP contribution is 2.33. The van der Waals surface area contributed by atoms with Gasteiger partial charge in [-0.3, -0.25) is 9.36 Å². The first-order chi connectivity index (χ1) is 10.5. The highest BCUT2D eigenvalue weighted by atomic mass is 19.3. The van der Waals surface area contributed by atoms with E-state index in [1.54, 1.807) is 41.5 Å². The van der Waals surface area contributed by atoms with Gasteiger partial charge < -0.3 is 5.32 Å². The minimum Gasteiger partial charge on any atom is -0.349 e. The Morgan fingerprint density at radius 2 is 1.73 bits per heavy atom. The quantitative estimate of drug-likeness (QED) is 0.948. The van der Waals surface area contributed by atoms with Crippen LogP contribution < -0.4 is 5.32 Å². The lowest BCUT2D eigenvalue weighted by molar-refractivity contribution is -0.0399. The van der Waals surface area contributed by atoms with Crippen molar-refractivity contribution in [2.45, 2.75) is 37.6 Å². The summed E-state index contributed by atoms with van der Waals surface area (Å²) in [6.45, 7) is 0. The van der Waals surface area contributed by atoms with Crippen molar-refractivity contribution in [3.8, 4) is 5.69 Å². The van der Waals surface area contributed by atoms with Crippen molar-refractivity contribution in [1.29, 1.82) is 0 Å². The fourth-order valence-electron chi connectivity index (χ4n) is 2.57. The zero-order valence-corrected chi connectivity index (χ0v) is 11.9. The third-order valence-corrected chi connectivity index (χ3v) is 3.90. The zero-order chi connectivity index (χ0) is 15.6. The van der Waals surface area contributed by atoms with Crippen LogP contribution in [0.3, 0.4) is 0 Å². The van der Waals surface area contributed by atoms with E-state index in [4.69, 9.17) is 0 Å². The summed E-state index contributed by atoms with van der Waals surface area (Å²) in [6.07, 6.45) is 3.44. The van der Waals surface area contributed by atoms with E-state index in [1.165, 1.54) is 0 Å². The molecule has 7 heteroatoms. The number of nitrogens with zero attached hydrogens (tertiary/aromatic N) is 3. The van der Waals surface area contributed by atoms with E-state index in [9.17, 15) is 13.6 Å². The van der Waals surface area contributed by atoms with Crippen LogP contribution in [0.25, 0.3) is 5.69 Å². The van der Waals surface area contributed by atoms with Crippen LogP contribution in [0.2, 0.25) is 0 Å². The molecular formula is C15H16F2N4O. The van der Waals surface area contributed by atoms with E-state index in [0.717, 1.165) is 5.69 Å². The molecule has 0 radical (unpaired) electrons. The standard InChI is InChI=1S/C15H16F2N4O/c16-15(17)7-5-12(6-8-15)20-14(22)11-1-3-13(4-2-11)21-9-18-19-10-21/h1-4,9-10,12H,5-8H2,(H,20,22). The average molecular weight is 306 g/mol. The van der Waals surface area contributed by atoms with Gasteiger partial charge in [-0.15, -0.1) is 10.2 Å². The molecule has 0 unspecified atom stereocenters. The van der Waals surface area contributed by atoms with Crippen molar-refractivity contribution < 1.29 is 13.6 Å². The molecule has 1 saturated carbocycles. The number of halogens is 2. The monoisotopic (exact) mass is 306 g/mol. The first-order valence-electron chi connectivity index (χ1n) is 7.17. The molecule has 1 aromatic carbocycles. The first kappa shape index (κ1) is 14.6. The van der Waals surface area contributed by atoms with Crippen LogP contribution in [0.15, 0.2) is 36.9 Å². The minimum absolute atomic E-state index is 0.162. The van der Waals surface area contributed by atoms with Crippen molar-refractivity contribution in [2.24, 2.45) is 0 Å². The Morgan fingerprint density at radius 1 is 1.14 bits per heavy atom. The van der Waals surface area contributed by atoms with Crippen molar-refractivity contribution in [3.63, 3.8) is 0 Å². The van der Waals surface area contributed by atoms with Crippen LogP contribution in [0.1, 0.15) is 36.0 Å². The van der Waals surface area contributed by atoms with Crippen molar-refractivity contribution in [1.82, 2.24) is 20.1 Å². The summed E-state index contributed by atoms with van der Waals surface area (Å²) in [4.78, 5) is 12.1. The van der Waals surface area contributed by atoms with Gasteiger partial charge in [-0.05, 0) is 37.1 Å². The lowest BCUT2D eigenvalue weighted by Gasteiger charge is -2.28. The highest BCUT2D eigenvalue weighted by molar-refractivity contribution is 5.94. The van der Waals surface area contributed by atoms with Crippen molar-refractivity contribution in [3.05, 3.63) is 42.5 Å². The van der Waals surface area contributed by atoms with E-state index in [1.807, 2.05) is 0 Å². The zero-order valence-electron chi connectivity index (χ0n) is 11.9. The second kappa shape index (κ2) is 5.82. The number of carbonyl (C=O) groups excluding carboxylic acids is 1. The van der Waals surface area contributed by atoms with Crippen LogP contribution >= 0.6 is 0 Å². The number of benzene rings is 1. The SMILES string of the molecule is O=C(NC1CCC(F)(F)CC1)c1ccc(-n2cnnc2)cc1. The van der Waals surface area contributed by atoms with Crippen molar-refractivity contribution in [2.75, 3.05) is 0 Å². The van der Waals surface area contributed by atoms with Gasteiger partial charge >= 0.3 is 0 Å². The lowest BCUT2D eigenvalue weighted by atomic mass is 9.92. The first-order valence-corrected chi connectivity index (χ1v) is 7.17. The fourth-order valence-corrected chi connectivity index (χ4v) is 2.57. The van der Waals surface area contributed by atoms with Crippen LogP contribution in [-0.2, 0) is 0 Å². The number of alkyl halides is 2. The molecule has 0 saturated heterocycles. The molecule has 1 fully saturated rings. The van der Waals surface area contributed by atoms with Gasteiger partial charge in [0.25, 0.3) is 5.91 Å². The molecule has 1 N–H and O–H groups in total. The molecule has 1 aromatic heterocycles. The Bertz CT molecular complexity index is 630. The molecule has 0 bridgehead atoms. The van der Waals surface area contributed by atoms with E-state index < -0.39 is 5.92 Å². The number of aromatic nitrogens is 3. The van der Waals surface area contributed by atoms with E-state index in [0.29, 0.717) is 18.4 Å². The fraction of sp³-hybridized carbons (Fsp3) is 0.400. The van der Waals surface area contributed by atoms with Crippen molar-refractivity contribution >= 4 is 5.91 Å². The third-order valence-electron chi connectivity index (χ3n) is 3.90. The number of rotatable bonds is 3. The minimum atomic E-state index is -2.58. The summed E-state index contributed by atoms with van der Waals surface area (Å²) in [5.74, 6) is -2.81. The Kier molecular flexibility index (Phi) is 3.87. The highest BCUT2D eigenvalue weighted by Gasteiger charge is 2.35. The van der Waals surface area contributed by atoms with Crippen LogP contribution in [0, 0.1) is 0 Å². The summed E-state index contributed by atoms with van der Waals surface area (Å²) in [5, 5.41) is 10.3. The Balaban J connectivity index is 1.61. The summed E-state index contributed by atoms with van der Waals surface area (Å²) >= 11 is 0. The predicted molar refractivity (Wildman–Crippen MR) is 76.0 cm³/mol. The Hall–Kier alpha value is -2.31. The molecule has 5 nitrogen and oxygen atoms in total. The second-order valence-electron chi connectivity index (χ2n) is 5.52. The molecule has 116 valence electrons. The lowest BCUT2D eigenvalue weighted by Crippen LogP contribution is -2.40. The topological polar surface area (TPSA) is 59.8 Å². The van der Waals surface area contributed by atoms with Gasteiger partial charge in [-0.1, -0.05) is 0 Å². The number of nitrogens with one attached hydrogen (secondary N) is 1. The Morgan fingerprint density at radius 3 is 2.32 bits per heavy atom. The molecule has 3 rings (SSSR count). The van der Waals surface area contributed by atoms with E-state index in [-0.39, 0.29) is 24.8 Å². The summed E-state index contributed by atoms with van der Waals surface area (Å²) < 4.78 is 27.9. The maximum atomic E-state index is 13.1. The van der Waals surface area contributed by atoms with Gasteiger partial charge in [0.15, 0.2) is 0 Å². The van der Waals surface area contributed by atoms with Gasteiger partial charge in [0.1, 0.15) is 12.7 Å². The molecule has 22 heavy (non-hydrogen) atoms. The third kappa shape index (κ3) is 3.29. The number of amides is 1. The van der Waals surface area contributed by atoms with Gasteiger partial charge in [0.05, 0.1) is 0 Å². The van der Waals surface area contributed by atoms with E-state index in [2.05, 4.69) is 15.5 Å². The van der Waals surface area contributed by atoms with Gasteiger partial charge in [-0.2, -0.15) is 0 Å². The Labute approximate surface area is 126 Å². The predicted octanol–water partition coefficient (Wildman–Crippen LogP) is 2.58.